The smallest absolute Gasteiger partial charge is 0.410 e. The van der Waals surface area contributed by atoms with Gasteiger partial charge in [0.15, 0.2) is 0 Å². The van der Waals surface area contributed by atoms with Crippen LogP contribution in [0.15, 0.2) is 30.3 Å². The van der Waals surface area contributed by atoms with E-state index in [2.05, 4.69) is 10.9 Å². The Kier molecular flexibility index (Phi) is 6.76. The highest BCUT2D eigenvalue weighted by Gasteiger charge is 2.30. The topological polar surface area (TPSA) is 87.7 Å². The van der Waals surface area contributed by atoms with E-state index in [0.29, 0.717) is 6.42 Å². The van der Waals surface area contributed by atoms with Gasteiger partial charge in [0.1, 0.15) is 11.6 Å². The lowest BCUT2D eigenvalue weighted by Crippen LogP contribution is -2.54. The van der Waals surface area contributed by atoms with Gasteiger partial charge in [0.25, 0.3) is 5.91 Å². The summed E-state index contributed by atoms with van der Waals surface area (Å²) in [5.41, 5.74) is 4.76. The van der Waals surface area contributed by atoms with Crippen LogP contribution in [0.5, 0.6) is 0 Å². The molecule has 0 saturated carbocycles. The molecule has 7 nitrogen and oxygen atoms in total. The van der Waals surface area contributed by atoms with E-state index in [0.717, 1.165) is 5.56 Å². The Hall–Kier alpha value is -2.57. The molecule has 3 amide bonds. The van der Waals surface area contributed by atoms with Gasteiger partial charge in [-0.2, -0.15) is 0 Å². The van der Waals surface area contributed by atoms with Crippen molar-refractivity contribution >= 4 is 17.9 Å². The summed E-state index contributed by atoms with van der Waals surface area (Å²) in [6, 6.07) is 8.47. The van der Waals surface area contributed by atoms with Crippen molar-refractivity contribution in [3.63, 3.8) is 0 Å². The number of nitrogens with one attached hydrogen (secondary N) is 2. The number of benzene rings is 1. The van der Waals surface area contributed by atoms with Crippen molar-refractivity contribution in [2.45, 2.75) is 45.8 Å². The summed E-state index contributed by atoms with van der Waals surface area (Å²) in [5.74, 6) is -0.899. The Morgan fingerprint density at radius 3 is 2.21 bits per heavy atom. The predicted molar refractivity (Wildman–Crippen MR) is 89.9 cm³/mol. The van der Waals surface area contributed by atoms with Gasteiger partial charge in [0.05, 0.1) is 0 Å². The van der Waals surface area contributed by atoms with Gasteiger partial charge >= 0.3 is 6.09 Å². The highest BCUT2D eigenvalue weighted by Crippen LogP contribution is 2.14. The molecule has 0 aliphatic heterocycles. The van der Waals surface area contributed by atoms with Crippen LogP contribution >= 0.6 is 0 Å². The van der Waals surface area contributed by atoms with Crippen LogP contribution in [-0.4, -0.2) is 41.5 Å². The minimum atomic E-state index is -0.825. The molecule has 0 radical (unpaired) electrons. The molecule has 0 aliphatic carbocycles. The zero-order valence-corrected chi connectivity index (χ0v) is 14.8. The molecule has 1 aromatic rings. The number of hydrogen-bond donors (Lipinski definition) is 2. The summed E-state index contributed by atoms with van der Waals surface area (Å²) in [7, 11) is 1.50. The monoisotopic (exact) mass is 335 g/mol. The van der Waals surface area contributed by atoms with E-state index in [1.165, 1.54) is 18.9 Å². The standard InChI is InChI=1S/C17H25N3O4/c1-12(21)18-19-15(22)14(11-13-9-7-6-8-10-13)20(5)16(23)24-17(2,3)4/h6-10,14H,11H2,1-5H3,(H,18,21)(H,19,22). The molecule has 0 aromatic heterocycles. The number of hydrazine groups is 1. The molecule has 1 rings (SSSR count). The average Bonchev–Trinajstić information content (AvgIpc) is 2.49. The summed E-state index contributed by atoms with van der Waals surface area (Å²) in [4.78, 5) is 36.9. The zero-order chi connectivity index (χ0) is 18.3. The quantitative estimate of drug-likeness (QED) is 0.819. The number of carbonyl (C=O) groups is 3. The van der Waals surface area contributed by atoms with E-state index in [-0.39, 0.29) is 0 Å². The molecule has 0 fully saturated rings. The van der Waals surface area contributed by atoms with Crippen molar-refractivity contribution in [3.8, 4) is 0 Å². The fourth-order valence-electron chi connectivity index (χ4n) is 1.94. The molecule has 0 spiro atoms. The largest absolute Gasteiger partial charge is 0.444 e. The molecule has 0 aliphatic rings. The van der Waals surface area contributed by atoms with E-state index < -0.39 is 29.6 Å². The molecule has 1 aromatic carbocycles. The molecule has 0 bridgehead atoms. The number of likely N-dealkylation sites (N-methyl/N-ethyl adjacent to an activating group) is 1. The number of carbonyl (C=O) groups excluding carboxylic acids is 3. The second-order valence-corrected chi connectivity index (χ2v) is 6.47. The normalized spacial score (nSPS) is 12.0. The molecule has 132 valence electrons. The molecule has 0 heterocycles. The third-order valence-corrected chi connectivity index (χ3v) is 3.09. The van der Waals surface area contributed by atoms with Gasteiger partial charge < -0.3 is 4.74 Å². The molecule has 7 heteroatoms. The van der Waals surface area contributed by atoms with Gasteiger partial charge in [-0.3, -0.25) is 25.3 Å². The van der Waals surface area contributed by atoms with Crippen LogP contribution in [0.2, 0.25) is 0 Å². The third-order valence-electron chi connectivity index (χ3n) is 3.09. The number of amides is 3. The van der Waals surface area contributed by atoms with E-state index in [1.807, 2.05) is 30.3 Å². The minimum Gasteiger partial charge on any atom is -0.444 e. The van der Waals surface area contributed by atoms with Gasteiger partial charge in [-0.25, -0.2) is 4.79 Å². The lowest BCUT2D eigenvalue weighted by Gasteiger charge is -2.30. The fourth-order valence-corrected chi connectivity index (χ4v) is 1.94. The Balaban J connectivity index is 2.92. The predicted octanol–water partition coefficient (Wildman–Crippen LogP) is 1.63. The summed E-state index contributed by atoms with van der Waals surface area (Å²) in [5, 5.41) is 0. The SMILES string of the molecule is CC(=O)NNC(=O)C(Cc1ccccc1)N(C)C(=O)OC(C)(C)C. The molecule has 2 N–H and O–H groups in total. The van der Waals surface area contributed by atoms with Gasteiger partial charge in [0.2, 0.25) is 5.91 Å². The fraction of sp³-hybridized carbons (Fsp3) is 0.471. The summed E-state index contributed by atoms with van der Waals surface area (Å²) in [6.07, 6.45) is -0.316. The zero-order valence-electron chi connectivity index (χ0n) is 14.8. The Morgan fingerprint density at radius 2 is 1.71 bits per heavy atom. The van der Waals surface area contributed by atoms with Crippen molar-refractivity contribution in [1.29, 1.82) is 0 Å². The van der Waals surface area contributed by atoms with E-state index >= 15 is 0 Å². The molecular weight excluding hydrogens is 310 g/mol. The number of hydrogen-bond acceptors (Lipinski definition) is 4. The van der Waals surface area contributed by atoms with Crippen LogP contribution in [0, 0.1) is 0 Å². The van der Waals surface area contributed by atoms with Gasteiger partial charge in [-0.15, -0.1) is 0 Å². The second-order valence-electron chi connectivity index (χ2n) is 6.47. The lowest BCUT2D eigenvalue weighted by atomic mass is 10.0. The van der Waals surface area contributed by atoms with Crippen LogP contribution in [0.3, 0.4) is 0 Å². The summed E-state index contributed by atoms with van der Waals surface area (Å²) < 4.78 is 5.31. The molecular formula is C17H25N3O4. The molecule has 1 unspecified atom stereocenters. The van der Waals surface area contributed by atoms with Crippen molar-refractivity contribution in [1.82, 2.24) is 15.8 Å². The maximum absolute atomic E-state index is 12.4. The van der Waals surface area contributed by atoms with Crippen molar-refractivity contribution in [3.05, 3.63) is 35.9 Å². The van der Waals surface area contributed by atoms with E-state index in [4.69, 9.17) is 4.74 Å². The first-order valence-electron chi connectivity index (χ1n) is 7.66. The number of rotatable bonds is 4. The van der Waals surface area contributed by atoms with Crippen molar-refractivity contribution in [2.24, 2.45) is 0 Å². The van der Waals surface area contributed by atoms with Gasteiger partial charge in [0, 0.05) is 20.4 Å². The minimum absolute atomic E-state index is 0.294. The van der Waals surface area contributed by atoms with Crippen LogP contribution in [-0.2, 0) is 20.7 Å². The van der Waals surface area contributed by atoms with Crippen LogP contribution < -0.4 is 10.9 Å². The third kappa shape index (κ3) is 6.68. The average molecular weight is 335 g/mol. The van der Waals surface area contributed by atoms with Crippen LogP contribution in [0.1, 0.15) is 33.3 Å². The van der Waals surface area contributed by atoms with Gasteiger partial charge in [-0.05, 0) is 26.3 Å². The van der Waals surface area contributed by atoms with Crippen molar-refractivity contribution in [2.75, 3.05) is 7.05 Å². The molecule has 24 heavy (non-hydrogen) atoms. The Labute approximate surface area is 142 Å². The number of ether oxygens (including phenoxy) is 1. The molecule has 1 atom stereocenters. The van der Waals surface area contributed by atoms with Crippen LogP contribution in [0.4, 0.5) is 4.79 Å². The number of nitrogens with zero attached hydrogens (tertiary/aromatic N) is 1. The maximum atomic E-state index is 12.4. The second kappa shape index (κ2) is 8.33. The first kappa shape index (κ1) is 19.5. The lowest BCUT2D eigenvalue weighted by molar-refractivity contribution is -0.131. The maximum Gasteiger partial charge on any atom is 0.410 e. The first-order chi connectivity index (χ1) is 11.1. The summed E-state index contributed by atoms with van der Waals surface area (Å²) >= 11 is 0. The Morgan fingerprint density at radius 1 is 1.12 bits per heavy atom. The van der Waals surface area contributed by atoms with E-state index in [9.17, 15) is 14.4 Å². The van der Waals surface area contributed by atoms with Gasteiger partial charge in [-0.1, -0.05) is 30.3 Å². The van der Waals surface area contributed by atoms with Crippen LogP contribution in [0.25, 0.3) is 0 Å². The van der Waals surface area contributed by atoms with Crippen molar-refractivity contribution < 1.29 is 19.1 Å². The first-order valence-corrected chi connectivity index (χ1v) is 7.66. The Bertz CT molecular complexity index is 581. The highest BCUT2D eigenvalue weighted by atomic mass is 16.6. The summed E-state index contributed by atoms with van der Waals surface area (Å²) in [6.45, 7) is 6.54. The molecule has 0 saturated heterocycles. The highest BCUT2D eigenvalue weighted by molar-refractivity contribution is 5.87. The van der Waals surface area contributed by atoms with E-state index in [1.54, 1.807) is 20.8 Å².